The Morgan fingerprint density at radius 1 is 0.322 bits per heavy atom. The van der Waals surface area contributed by atoms with E-state index in [0.29, 0.717) is 19.4 Å². The summed E-state index contributed by atoms with van der Waals surface area (Å²) in [6, 6.07) is -0.625. The molecule has 0 saturated heterocycles. The number of aliphatic hydroxyl groups excluding tert-OH is 2. The van der Waals surface area contributed by atoms with E-state index < -0.39 is 12.1 Å². The summed E-state index contributed by atoms with van der Waals surface area (Å²) >= 11 is 0. The van der Waals surface area contributed by atoms with Crippen molar-refractivity contribution in [3.05, 3.63) is 48.6 Å². The minimum absolute atomic E-state index is 0.0172. The van der Waals surface area contributed by atoms with Crippen molar-refractivity contribution in [1.29, 1.82) is 0 Å². The largest absolute Gasteiger partial charge is 0.466 e. The van der Waals surface area contributed by atoms with E-state index in [4.69, 9.17) is 4.74 Å². The number of hydrogen-bond acceptors (Lipinski definition) is 5. The highest BCUT2D eigenvalue weighted by molar-refractivity contribution is 5.76. The van der Waals surface area contributed by atoms with Crippen LogP contribution in [0.4, 0.5) is 0 Å². The van der Waals surface area contributed by atoms with Crippen molar-refractivity contribution in [3.63, 3.8) is 0 Å². The van der Waals surface area contributed by atoms with Crippen LogP contribution >= 0.6 is 0 Å². The number of unbranched alkanes of at least 4 members (excludes halogenated alkanes) is 57. The maximum absolute atomic E-state index is 12.5. The molecule has 0 aromatic carbocycles. The third-order valence-electron chi connectivity index (χ3n) is 18.3. The number of ether oxygens (including phenoxy) is 1. The van der Waals surface area contributed by atoms with E-state index in [9.17, 15) is 19.8 Å². The van der Waals surface area contributed by atoms with E-state index in [0.717, 1.165) is 51.4 Å². The number of aliphatic hydroxyl groups is 2. The lowest BCUT2D eigenvalue weighted by molar-refractivity contribution is -0.143. The van der Waals surface area contributed by atoms with Crippen LogP contribution in [0, 0.1) is 0 Å². The van der Waals surface area contributed by atoms with Crippen LogP contribution in [0.1, 0.15) is 431 Å². The predicted molar refractivity (Wildman–Crippen MR) is 384 cm³/mol. The first-order valence-electron chi connectivity index (χ1n) is 39.4. The summed E-state index contributed by atoms with van der Waals surface area (Å²) in [6.45, 7) is 4.93. The summed E-state index contributed by atoms with van der Waals surface area (Å²) in [4.78, 5) is 24.6. The summed E-state index contributed by atoms with van der Waals surface area (Å²) in [5.41, 5.74) is 0. The maximum Gasteiger partial charge on any atom is 0.305 e. The van der Waals surface area contributed by atoms with Crippen LogP contribution in [0.5, 0.6) is 0 Å². The van der Waals surface area contributed by atoms with Crippen LogP contribution in [0.2, 0.25) is 0 Å². The topological polar surface area (TPSA) is 95.9 Å². The molecule has 0 aliphatic rings. The van der Waals surface area contributed by atoms with Gasteiger partial charge >= 0.3 is 5.97 Å². The Hall–Kier alpha value is -2.18. The van der Waals surface area contributed by atoms with Crippen LogP contribution in [-0.2, 0) is 14.3 Å². The van der Waals surface area contributed by atoms with Crippen LogP contribution in [0.3, 0.4) is 0 Å². The molecule has 87 heavy (non-hydrogen) atoms. The SMILES string of the molecule is CCCCCCCC/C=C\CCCCCCCCCC(=O)OCCCCCCCCCCCCCCCCC/C=C\C/C=C\CCCCCCCCCCCCCCCCCCCC(=O)NC(CO)C(O)/C=C/CCCCCCCCCCCCCC. The minimum Gasteiger partial charge on any atom is -0.466 e. The zero-order valence-electron chi connectivity index (χ0n) is 58.8. The molecule has 0 aliphatic heterocycles. The number of amides is 1. The number of carbonyl (C=O) groups excluding carboxylic acids is 2. The van der Waals surface area contributed by atoms with Crippen molar-refractivity contribution in [2.45, 2.75) is 443 Å². The molecule has 6 heteroatoms. The van der Waals surface area contributed by atoms with Crippen LogP contribution in [0.15, 0.2) is 48.6 Å². The maximum atomic E-state index is 12.5. The van der Waals surface area contributed by atoms with Gasteiger partial charge in [-0.3, -0.25) is 9.59 Å². The highest BCUT2D eigenvalue weighted by Gasteiger charge is 2.18. The molecule has 2 atom stereocenters. The molecule has 0 fully saturated rings. The number of carbonyl (C=O) groups is 2. The molecule has 0 heterocycles. The molecule has 0 spiro atoms. The molecule has 0 aromatic rings. The van der Waals surface area contributed by atoms with Crippen molar-refractivity contribution in [2.75, 3.05) is 13.2 Å². The Balaban J connectivity index is 3.35. The van der Waals surface area contributed by atoms with Gasteiger partial charge < -0.3 is 20.3 Å². The zero-order valence-corrected chi connectivity index (χ0v) is 58.8. The third kappa shape index (κ3) is 72.8. The fourth-order valence-electron chi connectivity index (χ4n) is 12.3. The van der Waals surface area contributed by atoms with E-state index in [1.165, 1.54) is 353 Å². The van der Waals surface area contributed by atoms with Gasteiger partial charge in [-0.05, 0) is 89.9 Å². The van der Waals surface area contributed by atoms with Gasteiger partial charge in [0.15, 0.2) is 0 Å². The summed E-state index contributed by atoms with van der Waals surface area (Å²) in [6.07, 6.45) is 101. The van der Waals surface area contributed by atoms with Gasteiger partial charge in [-0.25, -0.2) is 0 Å². The van der Waals surface area contributed by atoms with Gasteiger partial charge in [-0.2, -0.15) is 0 Å². The summed E-state index contributed by atoms with van der Waals surface area (Å²) in [5.74, 6) is -0.0458. The summed E-state index contributed by atoms with van der Waals surface area (Å²) in [5, 5.41) is 23.2. The standard InChI is InChI=1S/C81H153NO5/c1-3-5-7-9-11-13-15-17-19-43-47-51-55-59-63-67-71-75-81(86)87-76-72-68-64-60-56-52-48-45-42-40-38-36-34-32-30-28-26-24-22-20-21-23-25-27-29-31-33-35-37-39-41-44-46-50-54-58-62-66-70-74-80(85)82-78(77-83)79(84)73-69-65-61-57-53-49-18-16-14-12-10-8-6-4-2/h17,19-21,24,26,69,73,78-79,83-84H,3-16,18,22-23,25,27-68,70-72,74-77H2,1-2H3,(H,82,85)/b19-17-,21-20-,26-24-,73-69+. The van der Waals surface area contributed by atoms with E-state index in [1.807, 2.05) is 6.08 Å². The molecular formula is C81H153NO5. The van der Waals surface area contributed by atoms with Crippen LogP contribution in [-0.4, -0.2) is 47.4 Å². The van der Waals surface area contributed by atoms with Crippen molar-refractivity contribution in [2.24, 2.45) is 0 Å². The molecule has 0 radical (unpaired) electrons. The number of hydrogen-bond donors (Lipinski definition) is 3. The van der Waals surface area contributed by atoms with Gasteiger partial charge in [0.25, 0.3) is 0 Å². The molecule has 1 amide bonds. The lowest BCUT2D eigenvalue weighted by atomic mass is 10.0. The molecule has 512 valence electrons. The van der Waals surface area contributed by atoms with Crippen LogP contribution in [0.25, 0.3) is 0 Å². The molecule has 0 aromatic heterocycles. The summed E-state index contributed by atoms with van der Waals surface area (Å²) < 4.78 is 5.51. The van der Waals surface area contributed by atoms with Crippen LogP contribution < -0.4 is 5.32 Å². The number of allylic oxidation sites excluding steroid dienone is 7. The molecule has 2 unspecified atom stereocenters. The molecule has 6 nitrogen and oxygen atoms in total. The highest BCUT2D eigenvalue weighted by Crippen LogP contribution is 2.19. The first-order chi connectivity index (χ1) is 43.0. The lowest BCUT2D eigenvalue weighted by Crippen LogP contribution is -2.45. The molecular weight excluding hydrogens is 1070 g/mol. The second-order valence-electron chi connectivity index (χ2n) is 27.0. The van der Waals surface area contributed by atoms with E-state index in [2.05, 4.69) is 55.6 Å². The van der Waals surface area contributed by atoms with Gasteiger partial charge in [-0.1, -0.05) is 377 Å². The molecule has 0 saturated carbocycles. The quantitative estimate of drug-likeness (QED) is 0.0320. The third-order valence-corrected chi connectivity index (χ3v) is 18.3. The number of rotatable bonds is 74. The van der Waals surface area contributed by atoms with Crippen molar-refractivity contribution in [3.8, 4) is 0 Å². The normalized spacial score (nSPS) is 12.7. The first-order valence-corrected chi connectivity index (χ1v) is 39.4. The Labute approximate surface area is 544 Å². The van der Waals surface area contributed by atoms with Gasteiger partial charge in [0.1, 0.15) is 0 Å². The Morgan fingerprint density at radius 2 is 0.575 bits per heavy atom. The average Bonchev–Trinajstić information content (AvgIpc) is 3.53. The van der Waals surface area contributed by atoms with Crippen molar-refractivity contribution < 1.29 is 24.5 Å². The number of esters is 1. The fraction of sp³-hybridized carbons (Fsp3) is 0.877. The lowest BCUT2D eigenvalue weighted by Gasteiger charge is -2.20. The minimum atomic E-state index is -0.842. The monoisotopic (exact) mass is 1220 g/mol. The number of nitrogens with one attached hydrogen (secondary N) is 1. The highest BCUT2D eigenvalue weighted by atomic mass is 16.5. The van der Waals surface area contributed by atoms with E-state index in [-0.39, 0.29) is 18.5 Å². The Kier molecular flexibility index (Phi) is 74.4. The second-order valence-corrected chi connectivity index (χ2v) is 27.0. The Morgan fingerprint density at radius 3 is 0.885 bits per heavy atom. The van der Waals surface area contributed by atoms with E-state index >= 15 is 0 Å². The molecule has 0 bridgehead atoms. The molecule has 0 aliphatic carbocycles. The van der Waals surface area contributed by atoms with Gasteiger partial charge in [0.2, 0.25) is 5.91 Å². The first kappa shape index (κ1) is 84.8. The van der Waals surface area contributed by atoms with Gasteiger partial charge in [0, 0.05) is 12.8 Å². The fourth-order valence-corrected chi connectivity index (χ4v) is 12.3. The average molecular weight is 1220 g/mol. The van der Waals surface area contributed by atoms with Gasteiger partial charge in [0.05, 0.1) is 25.4 Å². The van der Waals surface area contributed by atoms with Gasteiger partial charge in [-0.15, -0.1) is 0 Å². The second kappa shape index (κ2) is 76.3. The van der Waals surface area contributed by atoms with Crippen molar-refractivity contribution >= 4 is 11.9 Å². The predicted octanol–water partition coefficient (Wildman–Crippen LogP) is 26.0. The Bertz CT molecular complexity index is 1450. The molecule has 3 N–H and O–H groups in total. The smallest absolute Gasteiger partial charge is 0.305 e. The summed E-state index contributed by atoms with van der Waals surface area (Å²) in [7, 11) is 0. The van der Waals surface area contributed by atoms with E-state index in [1.54, 1.807) is 6.08 Å². The molecule has 0 rings (SSSR count). The van der Waals surface area contributed by atoms with Crippen molar-refractivity contribution in [1.82, 2.24) is 5.32 Å². The zero-order chi connectivity index (χ0) is 62.8.